The summed E-state index contributed by atoms with van der Waals surface area (Å²) < 4.78 is 5.32. The van der Waals surface area contributed by atoms with Crippen molar-refractivity contribution in [3.63, 3.8) is 0 Å². The van der Waals surface area contributed by atoms with Gasteiger partial charge >= 0.3 is 0 Å². The van der Waals surface area contributed by atoms with Crippen LogP contribution >= 0.6 is 0 Å². The van der Waals surface area contributed by atoms with Gasteiger partial charge in [0.25, 0.3) is 0 Å². The highest BCUT2D eigenvalue weighted by molar-refractivity contribution is 5.14. The number of methoxy groups -OCH3 is 1. The highest BCUT2D eigenvalue weighted by atomic mass is 16.5. The summed E-state index contributed by atoms with van der Waals surface area (Å²) in [7, 11) is 1.83. The van der Waals surface area contributed by atoms with E-state index in [9.17, 15) is 0 Å². The van der Waals surface area contributed by atoms with E-state index >= 15 is 0 Å². The lowest BCUT2D eigenvalue weighted by molar-refractivity contribution is 0.0769. The molecule has 2 heterocycles. The van der Waals surface area contributed by atoms with Crippen LogP contribution in [0.3, 0.4) is 0 Å². The van der Waals surface area contributed by atoms with Gasteiger partial charge < -0.3 is 9.64 Å². The lowest BCUT2D eigenvalue weighted by Gasteiger charge is -2.40. The van der Waals surface area contributed by atoms with Gasteiger partial charge in [-0.2, -0.15) is 0 Å². The maximum absolute atomic E-state index is 5.32. The van der Waals surface area contributed by atoms with Gasteiger partial charge in [0.2, 0.25) is 0 Å². The Morgan fingerprint density at radius 3 is 2.21 bits per heavy atom. The summed E-state index contributed by atoms with van der Waals surface area (Å²) in [4.78, 5) is 11.8. The zero-order chi connectivity index (χ0) is 16.9. The molecule has 1 aromatic heterocycles. The van der Waals surface area contributed by atoms with Gasteiger partial charge in [-0.25, -0.2) is 9.97 Å². The highest BCUT2D eigenvalue weighted by Gasteiger charge is 2.29. The molecule has 4 heteroatoms. The molecule has 0 radical (unpaired) electrons. The van der Waals surface area contributed by atoms with Gasteiger partial charge in [0.1, 0.15) is 5.82 Å². The Morgan fingerprint density at radius 1 is 1.04 bits per heavy atom. The molecule has 2 aliphatic rings. The van der Waals surface area contributed by atoms with Crippen LogP contribution in [-0.2, 0) is 4.74 Å². The quantitative estimate of drug-likeness (QED) is 0.818. The molecule has 0 spiro atoms. The molecule has 4 nitrogen and oxygen atoms in total. The fourth-order valence-corrected chi connectivity index (χ4v) is 4.37. The molecule has 1 aromatic rings. The van der Waals surface area contributed by atoms with E-state index < -0.39 is 0 Å². The van der Waals surface area contributed by atoms with Crippen molar-refractivity contribution in [3.05, 3.63) is 23.8 Å². The smallest absolute Gasteiger partial charge is 0.130 e. The van der Waals surface area contributed by atoms with Gasteiger partial charge in [-0.15, -0.1) is 0 Å². The SMILES string of the molecule is COC[C@H]1CC[C@@H](N2CCC(c3cnc(C(C)C)nc3)CC2)CC1. The molecule has 1 saturated heterocycles. The molecular weight excluding hydrogens is 298 g/mol. The van der Waals surface area contributed by atoms with Crippen LogP contribution < -0.4 is 0 Å². The number of ether oxygens (including phenoxy) is 1. The Balaban J connectivity index is 1.47. The van der Waals surface area contributed by atoms with E-state index in [-0.39, 0.29) is 0 Å². The standard InChI is InChI=1S/C20H33N3O/c1-15(2)20-21-12-18(13-22-20)17-8-10-23(11-9-17)19-6-4-16(5-7-19)14-24-3/h12-13,15-17,19H,4-11,14H2,1-3H3/t16-,19+. The summed E-state index contributed by atoms with van der Waals surface area (Å²) in [5, 5.41) is 0. The van der Waals surface area contributed by atoms with Crippen LogP contribution in [0, 0.1) is 5.92 Å². The molecule has 0 bridgehead atoms. The highest BCUT2D eigenvalue weighted by Crippen LogP contribution is 2.33. The van der Waals surface area contributed by atoms with Crippen LogP contribution in [0.2, 0.25) is 0 Å². The molecule has 0 aromatic carbocycles. The molecule has 134 valence electrons. The van der Waals surface area contributed by atoms with E-state index in [1.165, 1.54) is 57.2 Å². The van der Waals surface area contributed by atoms with E-state index in [4.69, 9.17) is 4.74 Å². The third kappa shape index (κ3) is 4.34. The molecule has 1 aliphatic heterocycles. The second-order valence-electron chi connectivity index (χ2n) is 7.97. The molecule has 24 heavy (non-hydrogen) atoms. The van der Waals surface area contributed by atoms with E-state index in [1.807, 2.05) is 7.11 Å². The van der Waals surface area contributed by atoms with Crippen molar-refractivity contribution >= 4 is 0 Å². The van der Waals surface area contributed by atoms with Gasteiger partial charge in [-0.1, -0.05) is 13.8 Å². The Bertz CT molecular complexity index is 486. The number of aromatic nitrogens is 2. The normalized spacial score (nSPS) is 26.8. The Kier molecular flexibility index (Phi) is 6.23. The van der Waals surface area contributed by atoms with Gasteiger partial charge in [-0.05, 0) is 69.0 Å². The van der Waals surface area contributed by atoms with Crippen molar-refractivity contribution in [1.29, 1.82) is 0 Å². The summed E-state index contributed by atoms with van der Waals surface area (Å²) in [6.07, 6.45) is 12.0. The van der Waals surface area contributed by atoms with Crippen LogP contribution in [0.4, 0.5) is 0 Å². The first-order valence-corrected chi connectivity index (χ1v) is 9.72. The van der Waals surface area contributed by atoms with Crippen molar-refractivity contribution in [2.45, 2.75) is 70.3 Å². The second-order valence-corrected chi connectivity index (χ2v) is 7.97. The third-order valence-corrected chi connectivity index (χ3v) is 5.94. The van der Waals surface area contributed by atoms with Gasteiger partial charge in [0.15, 0.2) is 0 Å². The maximum Gasteiger partial charge on any atom is 0.130 e. The first-order chi connectivity index (χ1) is 11.7. The molecule has 1 saturated carbocycles. The minimum absolute atomic E-state index is 0.411. The van der Waals surface area contributed by atoms with E-state index in [1.54, 1.807) is 0 Å². The molecule has 0 unspecified atom stereocenters. The van der Waals surface area contributed by atoms with Crippen molar-refractivity contribution in [2.75, 3.05) is 26.8 Å². The van der Waals surface area contributed by atoms with E-state index in [2.05, 4.69) is 41.1 Å². The van der Waals surface area contributed by atoms with Gasteiger partial charge in [-0.3, -0.25) is 0 Å². The van der Waals surface area contributed by atoms with Crippen LogP contribution in [-0.4, -0.2) is 47.7 Å². The Morgan fingerprint density at radius 2 is 1.67 bits per heavy atom. The second kappa shape index (κ2) is 8.39. The van der Waals surface area contributed by atoms with Crippen LogP contribution in [0.1, 0.15) is 75.6 Å². The molecule has 2 fully saturated rings. The van der Waals surface area contributed by atoms with Crippen molar-refractivity contribution in [3.8, 4) is 0 Å². The van der Waals surface area contributed by atoms with Crippen molar-refractivity contribution < 1.29 is 4.74 Å². The number of hydrogen-bond acceptors (Lipinski definition) is 4. The Labute approximate surface area is 147 Å². The first-order valence-electron chi connectivity index (χ1n) is 9.72. The average Bonchev–Trinajstić information content (AvgIpc) is 2.63. The number of likely N-dealkylation sites (tertiary alicyclic amines) is 1. The lowest BCUT2D eigenvalue weighted by Crippen LogP contribution is -2.43. The van der Waals surface area contributed by atoms with Crippen molar-refractivity contribution in [1.82, 2.24) is 14.9 Å². The lowest BCUT2D eigenvalue weighted by atomic mass is 9.83. The summed E-state index contributed by atoms with van der Waals surface area (Å²) in [6.45, 7) is 7.71. The molecule has 0 amide bonds. The summed E-state index contributed by atoms with van der Waals surface area (Å²) >= 11 is 0. The van der Waals surface area contributed by atoms with E-state index in [0.29, 0.717) is 11.8 Å². The monoisotopic (exact) mass is 331 g/mol. The Hall–Kier alpha value is -1.00. The molecule has 0 N–H and O–H groups in total. The molecule has 0 atom stereocenters. The van der Waals surface area contributed by atoms with Crippen molar-refractivity contribution in [2.24, 2.45) is 5.92 Å². The van der Waals surface area contributed by atoms with E-state index in [0.717, 1.165) is 24.4 Å². The van der Waals surface area contributed by atoms with Crippen LogP contribution in [0.5, 0.6) is 0 Å². The number of hydrogen-bond donors (Lipinski definition) is 0. The third-order valence-electron chi connectivity index (χ3n) is 5.94. The zero-order valence-corrected chi connectivity index (χ0v) is 15.6. The molecule has 3 rings (SSSR count). The summed E-state index contributed by atoms with van der Waals surface area (Å²) in [5.41, 5.74) is 1.34. The minimum Gasteiger partial charge on any atom is -0.384 e. The summed E-state index contributed by atoms with van der Waals surface area (Å²) in [6, 6.07) is 0.804. The minimum atomic E-state index is 0.411. The number of rotatable bonds is 5. The van der Waals surface area contributed by atoms with Gasteiger partial charge in [0.05, 0.1) is 0 Å². The fourth-order valence-electron chi connectivity index (χ4n) is 4.37. The number of piperidine rings is 1. The maximum atomic E-state index is 5.32. The fraction of sp³-hybridized carbons (Fsp3) is 0.800. The molecular formula is C20H33N3O. The van der Waals surface area contributed by atoms with Crippen LogP contribution in [0.25, 0.3) is 0 Å². The number of nitrogens with zero attached hydrogens (tertiary/aromatic N) is 3. The predicted octanol–water partition coefficient (Wildman–Crippen LogP) is 3.98. The molecule has 1 aliphatic carbocycles. The average molecular weight is 332 g/mol. The first kappa shape index (κ1) is 17.8. The van der Waals surface area contributed by atoms with Crippen LogP contribution in [0.15, 0.2) is 12.4 Å². The zero-order valence-electron chi connectivity index (χ0n) is 15.6. The largest absolute Gasteiger partial charge is 0.384 e. The summed E-state index contributed by atoms with van der Waals surface area (Å²) in [5.74, 6) is 2.81. The topological polar surface area (TPSA) is 38.2 Å². The van der Waals surface area contributed by atoms with Gasteiger partial charge in [0, 0.05) is 38.1 Å². The predicted molar refractivity (Wildman–Crippen MR) is 97.3 cm³/mol.